The Bertz CT molecular complexity index is 754. The summed E-state index contributed by atoms with van der Waals surface area (Å²) in [5, 5.41) is 3.06. The highest BCUT2D eigenvalue weighted by atomic mass is 16.5. The molecule has 0 spiro atoms. The minimum absolute atomic E-state index is 0.0903. The lowest BCUT2D eigenvalue weighted by Gasteiger charge is -2.16. The van der Waals surface area contributed by atoms with Gasteiger partial charge < -0.3 is 14.8 Å². The lowest BCUT2D eigenvalue weighted by molar-refractivity contribution is 0.0935. The maximum absolute atomic E-state index is 12.8. The molecule has 1 aliphatic heterocycles. The second kappa shape index (κ2) is 7.18. The highest BCUT2D eigenvalue weighted by molar-refractivity contribution is 5.97. The molecule has 0 fully saturated rings. The summed E-state index contributed by atoms with van der Waals surface area (Å²) in [4.78, 5) is 12.8. The number of ether oxygens (including phenoxy) is 2. The Kier molecular flexibility index (Phi) is 4.98. The Morgan fingerprint density at radius 2 is 1.92 bits per heavy atom. The van der Waals surface area contributed by atoms with Crippen LogP contribution in [0, 0.1) is 0 Å². The molecule has 25 heavy (non-hydrogen) atoms. The third-order valence-corrected chi connectivity index (χ3v) is 4.83. The van der Waals surface area contributed by atoms with Gasteiger partial charge in [-0.3, -0.25) is 4.79 Å². The van der Waals surface area contributed by atoms with Gasteiger partial charge in [-0.05, 0) is 44.5 Å². The van der Waals surface area contributed by atoms with E-state index in [1.807, 2.05) is 63.2 Å². The predicted molar refractivity (Wildman–Crippen MR) is 98.4 cm³/mol. The molecule has 3 atom stereocenters. The quantitative estimate of drug-likeness (QED) is 0.875. The van der Waals surface area contributed by atoms with Crippen molar-refractivity contribution in [3.05, 3.63) is 59.2 Å². The van der Waals surface area contributed by atoms with Crippen molar-refractivity contribution in [1.29, 1.82) is 0 Å². The number of fused-ring (bicyclic) bond motifs is 1. The second-order valence-corrected chi connectivity index (χ2v) is 6.53. The molecule has 0 saturated carbocycles. The molecule has 4 nitrogen and oxygen atoms in total. The van der Waals surface area contributed by atoms with Crippen LogP contribution in [0.2, 0.25) is 0 Å². The molecule has 3 rings (SSSR count). The van der Waals surface area contributed by atoms with Gasteiger partial charge >= 0.3 is 0 Å². The molecule has 2 aromatic rings. The lowest BCUT2D eigenvalue weighted by Crippen LogP contribution is -2.27. The van der Waals surface area contributed by atoms with E-state index in [2.05, 4.69) is 12.2 Å². The third kappa shape index (κ3) is 3.48. The first-order valence-electron chi connectivity index (χ1n) is 8.84. The van der Waals surface area contributed by atoms with Crippen LogP contribution in [0.3, 0.4) is 0 Å². The zero-order chi connectivity index (χ0) is 18.0. The van der Waals surface area contributed by atoms with E-state index in [1.165, 1.54) is 0 Å². The molecule has 1 aliphatic rings. The van der Waals surface area contributed by atoms with Crippen LogP contribution in [0.25, 0.3) is 0 Å². The summed E-state index contributed by atoms with van der Waals surface area (Å²) in [6.45, 7) is 8.74. The Labute approximate surface area is 149 Å². The summed E-state index contributed by atoms with van der Waals surface area (Å²) in [6.07, 6.45) is 0.0903. The first-order chi connectivity index (χ1) is 12.0. The molecule has 1 N–H and O–H groups in total. The Hall–Kier alpha value is -2.49. The predicted octanol–water partition coefficient (Wildman–Crippen LogP) is 4.46. The molecular formula is C21H25NO3. The van der Waals surface area contributed by atoms with Crippen molar-refractivity contribution in [2.45, 2.75) is 45.8 Å². The van der Waals surface area contributed by atoms with E-state index < -0.39 is 0 Å². The van der Waals surface area contributed by atoms with Crippen LogP contribution in [0.1, 0.15) is 61.1 Å². The summed E-state index contributed by atoms with van der Waals surface area (Å²) < 4.78 is 11.4. The van der Waals surface area contributed by atoms with Crippen LogP contribution >= 0.6 is 0 Å². The maximum Gasteiger partial charge on any atom is 0.255 e. The summed E-state index contributed by atoms with van der Waals surface area (Å²) in [5.74, 6) is 1.74. The van der Waals surface area contributed by atoms with Crippen LogP contribution in [0.5, 0.6) is 11.5 Å². The van der Waals surface area contributed by atoms with Gasteiger partial charge in [0.25, 0.3) is 5.91 Å². The van der Waals surface area contributed by atoms with Gasteiger partial charge in [0, 0.05) is 11.5 Å². The van der Waals surface area contributed by atoms with E-state index in [-0.39, 0.29) is 18.1 Å². The zero-order valence-electron chi connectivity index (χ0n) is 15.2. The lowest BCUT2D eigenvalue weighted by atomic mass is 9.96. The number of hydrogen-bond donors (Lipinski definition) is 1. The van der Waals surface area contributed by atoms with Crippen LogP contribution in [-0.4, -0.2) is 18.6 Å². The highest BCUT2D eigenvalue weighted by Crippen LogP contribution is 2.40. The van der Waals surface area contributed by atoms with Crippen molar-refractivity contribution in [2.75, 3.05) is 6.61 Å². The maximum atomic E-state index is 12.8. The first kappa shape index (κ1) is 17.3. The summed E-state index contributed by atoms with van der Waals surface area (Å²) in [5.41, 5.74) is 2.74. The number of rotatable bonds is 5. The highest BCUT2D eigenvalue weighted by Gasteiger charge is 2.31. The van der Waals surface area contributed by atoms with Crippen molar-refractivity contribution in [3.8, 4) is 11.5 Å². The van der Waals surface area contributed by atoms with E-state index in [9.17, 15) is 4.79 Å². The van der Waals surface area contributed by atoms with Crippen molar-refractivity contribution in [3.63, 3.8) is 0 Å². The number of nitrogens with one attached hydrogen (secondary N) is 1. The topological polar surface area (TPSA) is 47.6 Å². The molecule has 0 saturated heterocycles. The average Bonchev–Trinajstić information content (AvgIpc) is 2.90. The number of benzene rings is 2. The fraction of sp³-hybridized carbons (Fsp3) is 0.381. The molecule has 0 aromatic heterocycles. The van der Waals surface area contributed by atoms with E-state index in [4.69, 9.17) is 9.47 Å². The molecule has 1 heterocycles. The molecule has 2 aromatic carbocycles. The molecule has 132 valence electrons. The Morgan fingerprint density at radius 1 is 1.20 bits per heavy atom. The van der Waals surface area contributed by atoms with E-state index in [0.29, 0.717) is 18.1 Å². The van der Waals surface area contributed by atoms with Crippen LogP contribution in [0.4, 0.5) is 0 Å². The number of carbonyl (C=O) groups is 1. The normalized spacial score (nSPS) is 19.7. The summed E-state index contributed by atoms with van der Waals surface area (Å²) in [6, 6.07) is 13.5. The van der Waals surface area contributed by atoms with Crippen LogP contribution in [-0.2, 0) is 0 Å². The SMILES string of the molecule is CCOc1ccc(C(C)NC(=O)c2cccc3c2OC(C)C3C)cc1. The molecular weight excluding hydrogens is 314 g/mol. The van der Waals surface area contributed by atoms with E-state index in [0.717, 1.165) is 22.6 Å². The van der Waals surface area contributed by atoms with Gasteiger partial charge in [-0.1, -0.05) is 31.2 Å². The first-order valence-corrected chi connectivity index (χ1v) is 8.84. The monoisotopic (exact) mass is 339 g/mol. The van der Waals surface area contributed by atoms with Crippen LogP contribution < -0.4 is 14.8 Å². The molecule has 0 aliphatic carbocycles. The van der Waals surface area contributed by atoms with E-state index in [1.54, 1.807) is 0 Å². The summed E-state index contributed by atoms with van der Waals surface area (Å²) in [7, 11) is 0. The van der Waals surface area contributed by atoms with Gasteiger partial charge in [0.15, 0.2) is 0 Å². The number of hydrogen-bond acceptors (Lipinski definition) is 3. The van der Waals surface area contributed by atoms with Gasteiger partial charge in [0.2, 0.25) is 0 Å². The Balaban J connectivity index is 1.75. The van der Waals surface area contributed by atoms with Crippen molar-refractivity contribution in [1.82, 2.24) is 5.32 Å². The average molecular weight is 339 g/mol. The number of amides is 1. The number of carbonyl (C=O) groups excluding carboxylic acids is 1. The standard InChI is InChI=1S/C21H25NO3/c1-5-24-17-11-9-16(10-12-17)14(3)22-21(23)19-8-6-7-18-13(2)15(4)25-20(18)19/h6-15H,5H2,1-4H3,(H,22,23). The van der Waals surface area contributed by atoms with Gasteiger partial charge in [-0.25, -0.2) is 0 Å². The molecule has 1 amide bonds. The smallest absolute Gasteiger partial charge is 0.255 e. The zero-order valence-corrected chi connectivity index (χ0v) is 15.2. The van der Waals surface area contributed by atoms with Gasteiger partial charge in [-0.15, -0.1) is 0 Å². The molecule has 3 unspecified atom stereocenters. The second-order valence-electron chi connectivity index (χ2n) is 6.53. The summed E-state index contributed by atoms with van der Waals surface area (Å²) >= 11 is 0. The molecule has 0 radical (unpaired) electrons. The minimum Gasteiger partial charge on any atom is -0.494 e. The molecule has 0 bridgehead atoms. The van der Waals surface area contributed by atoms with Crippen molar-refractivity contribution < 1.29 is 14.3 Å². The third-order valence-electron chi connectivity index (χ3n) is 4.83. The Morgan fingerprint density at radius 3 is 2.60 bits per heavy atom. The van der Waals surface area contributed by atoms with Crippen molar-refractivity contribution >= 4 is 5.91 Å². The van der Waals surface area contributed by atoms with Gasteiger partial charge in [-0.2, -0.15) is 0 Å². The fourth-order valence-electron chi connectivity index (χ4n) is 3.14. The van der Waals surface area contributed by atoms with Crippen LogP contribution in [0.15, 0.2) is 42.5 Å². The van der Waals surface area contributed by atoms with Gasteiger partial charge in [0.05, 0.1) is 18.2 Å². The fourth-order valence-corrected chi connectivity index (χ4v) is 3.14. The molecule has 4 heteroatoms. The largest absolute Gasteiger partial charge is 0.494 e. The number of para-hydroxylation sites is 1. The van der Waals surface area contributed by atoms with Gasteiger partial charge in [0.1, 0.15) is 17.6 Å². The minimum atomic E-state index is -0.112. The van der Waals surface area contributed by atoms with Crippen molar-refractivity contribution in [2.24, 2.45) is 0 Å². The van der Waals surface area contributed by atoms with E-state index >= 15 is 0 Å².